The van der Waals surface area contributed by atoms with Crippen molar-refractivity contribution in [2.45, 2.75) is 39.2 Å². The third kappa shape index (κ3) is 7.00. The number of hydrogen-bond acceptors (Lipinski definition) is 4. The fourth-order valence-electron chi connectivity index (χ4n) is 3.31. The van der Waals surface area contributed by atoms with E-state index in [-0.39, 0.29) is 18.6 Å². The molecular formula is C19H32N4O2. The second kappa shape index (κ2) is 10.4. The number of likely N-dealkylation sites (tertiary alicyclic amines) is 1. The molecular weight excluding hydrogens is 316 g/mol. The molecule has 3 atom stereocenters. The molecule has 0 aliphatic carbocycles. The Morgan fingerprint density at radius 3 is 2.88 bits per heavy atom. The number of hydrogen-bond donors (Lipinski definition) is 3. The lowest BCUT2D eigenvalue weighted by molar-refractivity contribution is 0.137. The van der Waals surface area contributed by atoms with Gasteiger partial charge in [0.2, 0.25) is 0 Å². The van der Waals surface area contributed by atoms with E-state index < -0.39 is 0 Å². The largest absolute Gasteiger partial charge is 0.396 e. The summed E-state index contributed by atoms with van der Waals surface area (Å²) in [6.07, 6.45) is 4.94. The smallest absolute Gasteiger partial charge is 0.314 e. The highest BCUT2D eigenvalue weighted by Crippen LogP contribution is 2.17. The van der Waals surface area contributed by atoms with Gasteiger partial charge >= 0.3 is 6.03 Å². The van der Waals surface area contributed by atoms with Gasteiger partial charge in [0.25, 0.3) is 0 Å². The molecule has 3 unspecified atom stereocenters. The summed E-state index contributed by atoms with van der Waals surface area (Å²) >= 11 is 0. The lowest BCUT2D eigenvalue weighted by atomic mass is 9.99. The number of aliphatic hydroxyl groups excluding tert-OH is 1. The fourth-order valence-corrected chi connectivity index (χ4v) is 3.31. The van der Waals surface area contributed by atoms with Crippen molar-refractivity contribution in [3.05, 3.63) is 30.1 Å². The number of rotatable bonds is 8. The molecule has 1 aliphatic heterocycles. The number of pyridine rings is 1. The Morgan fingerprint density at radius 2 is 2.20 bits per heavy atom. The number of amides is 2. The molecule has 3 N–H and O–H groups in total. The highest BCUT2D eigenvalue weighted by atomic mass is 16.3. The van der Waals surface area contributed by atoms with Crippen LogP contribution in [0, 0.1) is 11.8 Å². The van der Waals surface area contributed by atoms with Crippen molar-refractivity contribution in [3.63, 3.8) is 0 Å². The summed E-state index contributed by atoms with van der Waals surface area (Å²) in [5.74, 6) is 0.711. The lowest BCUT2D eigenvalue weighted by Crippen LogP contribution is -2.48. The maximum absolute atomic E-state index is 12.0. The molecule has 0 aromatic carbocycles. The number of carbonyl (C=O) groups is 1. The van der Waals surface area contributed by atoms with Crippen molar-refractivity contribution in [1.29, 1.82) is 0 Å². The number of urea groups is 1. The summed E-state index contributed by atoms with van der Waals surface area (Å²) in [5, 5.41) is 15.3. The highest BCUT2D eigenvalue weighted by molar-refractivity contribution is 5.73. The van der Waals surface area contributed by atoms with Gasteiger partial charge in [-0.1, -0.05) is 13.0 Å². The van der Waals surface area contributed by atoms with E-state index in [1.54, 1.807) is 6.20 Å². The van der Waals surface area contributed by atoms with Crippen molar-refractivity contribution in [1.82, 2.24) is 20.5 Å². The van der Waals surface area contributed by atoms with Gasteiger partial charge in [-0.05, 0) is 50.8 Å². The van der Waals surface area contributed by atoms with Gasteiger partial charge in [-0.25, -0.2) is 4.79 Å². The Hall–Kier alpha value is -1.66. The monoisotopic (exact) mass is 348 g/mol. The first kappa shape index (κ1) is 19.7. The zero-order valence-electron chi connectivity index (χ0n) is 15.4. The molecule has 0 spiro atoms. The van der Waals surface area contributed by atoms with Crippen LogP contribution in [0.5, 0.6) is 0 Å². The Morgan fingerprint density at radius 1 is 1.40 bits per heavy atom. The van der Waals surface area contributed by atoms with E-state index >= 15 is 0 Å². The van der Waals surface area contributed by atoms with Gasteiger partial charge in [-0.2, -0.15) is 0 Å². The number of aliphatic hydroxyl groups is 1. The van der Waals surface area contributed by atoms with Crippen LogP contribution < -0.4 is 10.6 Å². The van der Waals surface area contributed by atoms with Crippen molar-refractivity contribution >= 4 is 6.03 Å². The topological polar surface area (TPSA) is 77.5 Å². The normalized spacial score (nSPS) is 20.7. The van der Waals surface area contributed by atoms with E-state index in [1.165, 1.54) is 12.8 Å². The van der Waals surface area contributed by atoms with Crippen LogP contribution in [0.1, 0.15) is 32.4 Å². The van der Waals surface area contributed by atoms with Crippen LogP contribution in [0.4, 0.5) is 4.79 Å². The zero-order chi connectivity index (χ0) is 18.1. The molecule has 0 radical (unpaired) electrons. The Balaban J connectivity index is 1.67. The minimum absolute atomic E-state index is 0.0267. The number of aromatic nitrogens is 1. The quantitative estimate of drug-likeness (QED) is 0.668. The number of nitrogens with zero attached hydrogens (tertiary/aromatic N) is 2. The van der Waals surface area contributed by atoms with Crippen molar-refractivity contribution < 1.29 is 9.90 Å². The molecule has 2 amide bonds. The van der Waals surface area contributed by atoms with Gasteiger partial charge in [-0.15, -0.1) is 0 Å². The predicted octanol–water partition coefficient (Wildman–Crippen LogP) is 1.65. The molecule has 6 nitrogen and oxygen atoms in total. The molecule has 0 saturated carbocycles. The summed E-state index contributed by atoms with van der Waals surface area (Å²) in [6, 6.07) is 5.91. The minimum atomic E-state index is -0.170. The van der Waals surface area contributed by atoms with Crippen LogP contribution in [0.2, 0.25) is 0 Å². The Labute approximate surface area is 151 Å². The van der Waals surface area contributed by atoms with Crippen LogP contribution in [-0.2, 0) is 6.42 Å². The second-order valence-corrected chi connectivity index (χ2v) is 7.26. The lowest BCUT2D eigenvalue weighted by Gasteiger charge is -2.35. The van der Waals surface area contributed by atoms with E-state index in [0.29, 0.717) is 25.6 Å². The van der Waals surface area contributed by atoms with Gasteiger partial charge in [-0.3, -0.25) is 9.88 Å². The van der Waals surface area contributed by atoms with E-state index in [1.807, 2.05) is 18.2 Å². The molecule has 2 heterocycles. The van der Waals surface area contributed by atoms with E-state index in [4.69, 9.17) is 0 Å². The summed E-state index contributed by atoms with van der Waals surface area (Å²) in [6.45, 7) is 7.79. The fraction of sp³-hybridized carbons (Fsp3) is 0.684. The third-order valence-corrected chi connectivity index (χ3v) is 4.90. The summed E-state index contributed by atoms with van der Waals surface area (Å²) in [4.78, 5) is 18.7. The van der Waals surface area contributed by atoms with Gasteiger partial charge < -0.3 is 15.7 Å². The van der Waals surface area contributed by atoms with Crippen molar-refractivity contribution in [2.75, 3.05) is 32.8 Å². The number of piperidine rings is 1. The molecule has 1 fully saturated rings. The molecule has 1 aromatic rings. The van der Waals surface area contributed by atoms with Crippen LogP contribution >= 0.6 is 0 Å². The Bertz CT molecular complexity index is 511. The number of nitrogens with one attached hydrogen (secondary N) is 2. The average Bonchev–Trinajstić information content (AvgIpc) is 2.64. The minimum Gasteiger partial charge on any atom is -0.396 e. The molecule has 140 valence electrons. The first-order valence-corrected chi connectivity index (χ1v) is 9.35. The van der Waals surface area contributed by atoms with Crippen LogP contribution in [-0.4, -0.2) is 59.8 Å². The Kier molecular flexibility index (Phi) is 8.15. The van der Waals surface area contributed by atoms with Crippen LogP contribution in [0.25, 0.3) is 0 Å². The molecule has 6 heteroatoms. The highest BCUT2D eigenvalue weighted by Gasteiger charge is 2.21. The zero-order valence-corrected chi connectivity index (χ0v) is 15.4. The van der Waals surface area contributed by atoms with Crippen LogP contribution in [0.3, 0.4) is 0 Å². The molecule has 2 rings (SSSR count). The molecule has 1 aromatic heterocycles. The van der Waals surface area contributed by atoms with E-state index in [2.05, 4.69) is 34.4 Å². The van der Waals surface area contributed by atoms with Gasteiger partial charge in [0.15, 0.2) is 0 Å². The van der Waals surface area contributed by atoms with Gasteiger partial charge in [0, 0.05) is 50.1 Å². The van der Waals surface area contributed by atoms with Crippen molar-refractivity contribution in [2.24, 2.45) is 11.8 Å². The maximum atomic E-state index is 12.0. The van der Waals surface area contributed by atoms with Crippen molar-refractivity contribution in [3.8, 4) is 0 Å². The predicted molar refractivity (Wildman–Crippen MR) is 99.4 cm³/mol. The standard InChI is InChI=1S/C19H32N4O2/c1-15-6-5-9-23(13-15)16(2)11-21-19(25)22-12-17(14-24)10-18-7-3-4-8-20-18/h3-4,7-8,15-17,24H,5-6,9-14H2,1-2H3,(H2,21,22,25). The second-order valence-electron chi connectivity index (χ2n) is 7.26. The SMILES string of the molecule is CC1CCCN(C(C)CNC(=O)NCC(CO)Cc2ccccn2)C1. The average molecular weight is 348 g/mol. The first-order valence-electron chi connectivity index (χ1n) is 9.35. The summed E-state index contributed by atoms with van der Waals surface area (Å²) in [7, 11) is 0. The molecule has 1 aliphatic rings. The van der Waals surface area contributed by atoms with Gasteiger partial charge in [0.1, 0.15) is 0 Å². The van der Waals surface area contributed by atoms with E-state index in [9.17, 15) is 9.90 Å². The maximum Gasteiger partial charge on any atom is 0.314 e. The number of carbonyl (C=O) groups excluding carboxylic acids is 1. The summed E-state index contributed by atoms with van der Waals surface area (Å²) < 4.78 is 0. The molecule has 25 heavy (non-hydrogen) atoms. The first-order chi connectivity index (χ1) is 12.1. The van der Waals surface area contributed by atoms with E-state index in [0.717, 1.165) is 24.7 Å². The molecule has 1 saturated heterocycles. The molecule has 0 bridgehead atoms. The summed E-state index contributed by atoms with van der Waals surface area (Å²) in [5.41, 5.74) is 0.927. The van der Waals surface area contributed by atoms with Crippen LogP contribution in [0.15, 0.2) is 24.4 Å². The third-order valence-electron chi connectivity index (χ3n) is 4.90. The van der Waals surface area contributed by atoms with Gasteiger partial charge in [0.05, 0.1) is 0 Å².